The fourth-order valence-electron chi connectivity index (χ4n) is 3.51. The van der Waals surface area contributed by atoms with E-state index in [9.17, 15) is 9.59 Å². The number of aryl methyl sites for hydroxylation is 1. The second kappa shape index (κ2) is 6.63. The van der Waals surface area contributed by atoms with Gasteiger partial charge in [0.2, 0.25) is 5.91 Å². The molecule has 26 heavy (non-hydrogen) atoms. The number of nitrogens with zero attached hydrogens (tertiary/aromatic N) is 3. The highest BCUT2D eigenvalue weighted by atomic mass is 16.2. The van der Waals surface area contributed by atoms with Crippen LogP contribution < -0.4 is 5.32 Å². The normalized spacial score (nSPS) is 17.0. The fraction of sp³-hybridized carbons (Fsp3) is 0.250. The summed E-state index contributed by atoms with van der Waals surface area (Å²) in [6.45, 7) is 1.07. The summed E-state index contributed by atoms with van der Waals surface area (Å²) in [4.78, 5) is 26.6. The summed E-state index contributed by atoms with van der Waals surface area (Å²) in [5.41, 5.74) is 1.61. The Hall–Kier alpha value is -3.15. The highest BCUT2D eigenvalue weighted by Crippen LogP contribution is 2.22. The highest BCUT2D eigenvalue weighted by molar-refractivity contribution is 5.93. The number of carbonyl (C=O) groups excluding carboxylic acids is 2. The van der Waals surface area contributed by atoms with Crippen molar-refractivity contribution in [1.29, 1.82) is 0 Å². The van der Waals surface area contributed by atoms with Gasteiger partial charge in [-0.2, -0.15) is 5.10 Å². The molecular weight excluding hydrogens is 328 g/mol. The number of hydrogen-bond donors (Lipinski definition) is 1. The molecule has 2 aromatic carbocycles. The van der Waals surface area contributed by atoms with Crippen LogP contribution in [0.25, 0.3) is 10.8 Å². The molecule has 6 nitrogen and oxygen atoms in total. The number of aromatic nitrogens is 2. The van der Waals surface area contributed by atoms with Gasteiger partial charge in [-0.25, -0.2) is 0 Å². The lowest BCUT2D eigenvalue weighted by Crippen LogP contribution is -2.37. The molecule has 1 N–H and O–H groups in total. The molecule has 0 aliphatic carbocycles. The smallest absolute Gasteiger partial charge is 0.269 e. The van der Waals surface area contributed by atoms with Crippen LogP contribution in [0, 0.1) is 0 Å². The highest BCUT2D eigenvalue weighted by Gasteiger charge is 2.31. The molecule has 1 saturated heterocycles. The molecule has 0 spiro atoms. The number of fused-ring (bicyclic) bond motifs is 1. The minimum absolute atomic E-state index is 0.0632. The zero-order chi connectivity index (χ0) is 18.1. The molecule has 0 saturated carbocycles. The van der Waals surface area contributed by atoms with E-state index >= 15 is 0 Å². The quantitative estimate of drug-likeness (QED) is 0.785. The minimum Gasteiger partial charge on any atom is -0.346 e. The Morgan fingerprint density at radius 2 is 2.00 bits per heavy atom. The third kappa shape index (κ3) is 3.06. The summed E-state index contributed by atoms with van der Waals surface area (Å²) in [5, 5.41) is 9.27. The van der Waals surface area contributed by atoms with Gasteiger partial charge in [0.05, 0.1) is 6.04 Å². The summed E-state index contributed by atoms with van der Waals surface area (Å²) in [5.74, 6) is -0.136. The molecule has 0 unspecified atom stereocenters. The zero-order valence-corrected chi connectivity index (χ0v) is 14.6. The largest absolute Gasteiger partial charge is 0.346 e. The Labute approximate surface area is 151 Å². The van der Waals surface area contributed by atoms with E-state index in [-0.39, 0.29) is 17.9 Å². The number of amides is 2. The van der Waals surface area contributed by atoms with Gasteiger partial charge in [-0.15, -0.1) is 0 Å². The first-order valence-electron chi connectivity index (χ1n) is 8.65. The van der Waals surface area contributed by atoms with Crippen molar-refractivity contribution in [2.75, 3.05) is 6.54 Å². The minimum atomic E-state index is -0.199. The number of rotatable bonds is 4. The molecule has 0 radical (unpaired) electrons. The van der Waals surface area contributed by atoms with Crippen LogP contribution in [0.3, 0.4) is 0 Å². The van der Waals surface area contributed by atoms with Gasteiger partial charge in [0.15, 0.2) is 0 Å². The van der Waals surface area contributed by atoms with Gasteiger partial charge in [-0.05, 0) is 22.4 Å². The van der Waals surface area contributed by atoms with Crippen molar-refractivity contribution < 1.29 is 9.59 Å². The van der Waals surface area contributed by atoms with Crippen LogP contribution in [0.4, 0.5) is 0 Å². The molecule has 1 fully saturated rings. The van der Waals surface area contributed by atoms with Crippen LogP contribution in [-0.2, 0) is 18.4 Å². The van der Waals surface area contributed by atoms with Gasteiger partial charge in [0.25, 0.3) is 5.91 Å². The predicted octanol–water partition coefficient (Wildman–Crippen LogP) is 2.10. The molecule has 1 atom stereocenters. The Morgan fingerprint density at radius 1 is 1.19 bits per heavy atom. The summed E-state index contributed by atoms with van der Waals surface area (Å²) in [6, 6.07) is 15.8. The molecule has 1 aliphatic rings. The fourth-order valence-corrected chi connectivity index (χ4v) is 3.51. The van der Waals surface area contributed by atoms with E-state index in [1.54, 1.807) is 19.3 Å². The molecule has 6 heteroatoms. The second-order valence-electron chi connectivity index (χ2n) is 6.63. The summed E-state index contributed by atoms with van der Waals surface area (Å²) < 4.78 is 1.53. The van der Waals surface area contributed by atoms with Crippen molar-refractivity contribution in [3.8, 4) is 0 Å². The first-order chi connectivity index (χ1) is 12.6. The number of nitrogens with one attached hydrogen (secondary N) is 1. The molecule has 3 aromatic rings. The SMILES string of the molecule is Cn1nccc1C(=O)N[C@H]1CC(=O)N(Cc2cccc3ccccc23)C1. The van der Waals surface area contributed by atoms with Crippen LogP contribution in [0.1, 0.15) is 22.5 Å². The van der Waals surface area contributed by atoms with Crippen molar-refractivity contribution in [2.24, 2.45) is 7.05 Å². The van der Waals surface area contributed by atoms with Crippen molar-refractivity contribution in [3.05, 3.63) is 66.0 Å². The molecule has 2 amide bonds. The molecule has 1 aliphatic heterocycles. The standard InChI is InChI=1S/C20H20N4O2/c1-23-18(9-10-21-23)20(26)22-16-11-19(25)24(13-16)12-15-7-4-6-14-5-2-3-8-17(14)15/h2-10,16H,11-13H2,1H3,(H,22,26)/t16-/m0/s1. The van der Waals surface area contributed by atoms with E-state index in [2.05, 4.69) is 34.7 Å². The maximum absolute atomic E-state index is 12.4. The monoisotopic (exact) mass is 348 g/mol. The maximum Gasteiger partial charge on any atom is 0.269 e. The van der Waals surface area contributed by atoms with E-state index in [1.807, 2.05) is 23.1 Å². The van der Waals surface area contributed by atoms with E-state index in [0.29, 0.717) is 25.2 Å². The van der Waals surface area contributed by atoms with Gasteiger partial charge in [-0.1, -0.05) is 42.5 Å². The summed E-state index contributed by atoms with van der Waals surface area (Å²) >= 11 is 0. The third-order valence-electron chi connectivity index (χ3n) is 4.84. The Bertz CT molecular complexity index is 973. The Morgan fingerprint density at radius 3 is 2.81 bits per heavy atom. The lowest BCUT2D eigenvalue weighted by molar-refractivity contribution is -0.128. The molecule has 1 aromatic heterocycles. The van der Waals surface area contributed by atoms with Crippen LogP contribution in [0.2, 0.25) is 0 Å². The van der Waals surface area contributed by atoms with Gasteiger partial charge < -0.3 is 10.2 Å². The average Bonchev–Trinajstić information content (AvgIpc) is 3.21. The molecule has 4 rings (SSSR count). The zero-order valence-electron chi connectivity index (χ0n) is 14.6. The number of likely N-dealkylation sites (tertiary alicyclic amines) is 1. The van der Waals surface area contributed by atoms with Crippen molar-refractivity contribution >= 4 is 22.6 Å². The van der Waals surface area contributed by atoms with Gasteiger partial charge in [-0.3, -0.25) is 14.3 Å². The predicted molar refractivity (Wildman–Crippen MR) is 98.4 cm³/mol. The van der Waals surface area contributed by atoms with Gasteiger partial charge >= 0.3 is 0 Å². The van der Waals surface area contributed by atoms with Gasteiger partial charge in [0.1, 0.15) is 5.69 Å². The van der Waals surface area contributed by atoms with Crippen LogP contribution >= 0.6 is 0 Å². The molecular formula is C20H20N4O2. The maximum atomic E-state index is 12.4. The average molecular weight is 348 g/mol. The van der Waals surface area contributed by atoms with Gasteiger partial charge in [0, 0.05) is 32.8 Å². The first kappa shape index (κ1) is 16.3. The molecule has 132 valence electrons. The lowest BCUT2D eigenvalue weighted by atomic mass is 10.0. The molecule has 0 bridgehead atoms. The Kier molecular flexibility index (Phi) is 4.16. The summed E-state index contributed by atoms with van der Waals surface area (Å²) in [7, 11) is 1.72. The van der Waals surface area contributed by atoms with Crippen molar-refractivity contribution in [3.63, 3.8) is 0 Å². The second-order valence-corrected chi connectivity index (χ2v) is 6.63. The number of hydrogen-bond acceptors (Lipinski definition) is 3. The van der Waals surface area contributed by atoms with Crippen molar-refractivity contribution in [2.45, 2.75) is 19.0 Å². The van der Waals surface area contributed by atoms with E-state index < -0.39 is 0 Å². The number of carbonyl (C=O) groups is 2. The number of benzene rings is 2. The lowest BCUT2D eigenvalue weighted by Gasteiger charge is -2.18. The van der Waals surface area contributed by atoms with Crippen LogP contribution in [-0.4, -0.2) is 39.1 Å². The van der Waals surface area contributed by atoms with E-state index in [0.717, 1.165) is 16.3 Å². The van der Waals surface area contributed by atoms with E-state index in [4.69, 9.17) is 0 Å². The Balaban J connectivity index is 1.46. The van der Waals surface area contributed by atoms with Crippen LogP contribution in [0.15, 0.2) is 54.7 Å². The van der Waals surface area contributed by atoms with E-state index in [1.165, 1.54) is 4.68 Å². The van der Waals surface area contributed by atoms with Crippen molar-refractivity contribution in [1.82, 2.24) is 20.0 Å². The topological polar surface area (TPSA) is 67.2 Å². The van der Waals surface area contributed by atoms with Crippen LogP contribution in [0.5, 0.6) is 0 Å². The molecule has 2 heterocycles. The third-order valence-corrected chi connectivity index (χ3v) is 4.84. The first-order valence-corrected chi connectivity index (χ1v) is 8.65. The summed E-state index contributed by atoms with van der Waals surface area (Å²) in [6.07, 6.45) is 1.91.